The smallest absolute Gasteiger partial charge is 0.262 e. The molecule has 0 saturated heterocycles. The number of rotatable bonds is 6. The number of hydrogen-bond acceptors (Lipinski definition) is 6. The van der Waals surface area contributed by atoms with Crippen molar-refractivity contribution < 1.29 is 23.3 Å². The van der Waals surface area contributed by atoms with Crippen LogP contribution in [0.1, 0.15) is 101 Å². The molecule has 1 N–H and O–H groups in total. The minimum absolute atomic E-state index is 0.0341. The number of carbonyl (C=O) groups is 2. The SMILES string of the molecule is C=S1(=O)NC(=O)c2ccc3c(c2)N(C[C@@H]2CC[C@H]2[C@@](CC(=O)CCC(C)C)(OC)/C=C/C[C@H](C)[C@H]1C)C[C@@]1(CCCc2cc(Cl)ccc21)CO3. The van der Waals surface area contributed by atoms with Gasteiger partial charge in [0.15, 0.2) is 0 Å². The van der Waals surface area contributed by atoms with Crippen molar-refractivity contribution in [3.05, 3.63) is 70.3 Å². The molecular weight excluding hydrogens is 668 g/mol. The molecule has 2 aliphatic heterocycles. The number of nitrogens with one attached hydrogen (secondary N) is 1. The number of Topliss-reactive ketones (excluding diaryl/α,β-unsaturated/α-hetero) is 1. The number of ether oxygens (including phenoxy) is 2. The van der Waals surface area contributed by atoms with Gasteiger partial charge in [0.1, 0.15) is 11.5 Å². The second-order valence-electron chi connectivity index (χ2n) is 16.0. The molecule has 272 valence electrons. The minimum atomic E-state index is -2.99. The highest BCUT2D eigenvalue weighted by molar-refractivity contribution is 7.99. The van der Waals surface area contributed by atoms with Gasteiger partial charge in [0.2, 0.25) is 0 Å². The first-order chi connectivity index (χ1) is 23.8. The third-order valence-corrected chi connectivity index (χ3v) is 14.7. The summed E-state index contributed by atoms with van der Waals surface area (Å²) in [4.78, 5) is 29.7. The van der Waals surface area contributed by atoms with Crippen LogP contribution >= 0.6 is 11.6 Å². The van der Waals surface area contributed by atoms with Crippen LogP contribution in [0.15, 0.2) is 48.6 Å². The molecule has 1 unspecified atom stereocenters. The van der Waals surface area contributed by atoms with Crippen molar-refractivity contribution in [3.63, 3.8) is 0 Å². The van der Waals surface area contributed by atoms with E-state index < -0.39 is 21.2 Å². The highest BCUT2D eigenvalue weighted by atomic mass is 35.5. The summed E-state index contributed by atoms with van der Waals surface area (Å²) in [6.07, 6.45) is 11.6. The number of methoxy groups -OCH3 is 1. The minimum Gasteiger partial charge on any atom is -0.490 e. The van der Waals surface area contributed by atoms with Crippen molar-refractivity contribution >= 4 is 44.6 Å². The van der Waals surface area contributed by atoms with Gasteiger partial charge in [-0.2, -0.15) is 0 Å². The Kier molecular flexibility index (Phi) is 10.8. The molecule has 1 fully saturated rings. The Hall–Kier alpha value is -2.81. The molecule has 4 aliphatic rings. The van der Waals surface area contributed by atoms with E-state index in [9.17, 15) is 13.8 Å². The fraction of sp³-hybridized carbons (Fsp3) is 0.585. The summed E-state index contributed by atoms with van der Waals surface area (Å²) in [5.74, 6) is 5.39. The van der Waals surface area contributed by atoms with E-state index in [2.05, 4.69) is 53.6 Å². The van der Waals surface area contributed by atoms with Crippen LogP contribution in [0.4, 0.5) is 5.69 Å². The van der Waals surface area contributed by atoms with Crippen LogP contribution in [-0.4, -0.2) is 59.4 Å². The summed E-state index contributed by atoms with van der Waals surface area (Å²) in [7, 11) is -1.24. The number of hydrogen-bond donors (Lipinski definition) is 1. The van der Waals surface area contributed by atoms with Gasteiger partial charge in [0, 0.05) is 54.3 Å². The van der Waals surface area contributed by atoms with Gasteiger partial charge >= 0.3 is 0 Å². The lowest BCUT2D eigenvalue weighted by Gasteiger charge is -2.50. The number of nitrogens with zero attached hydrogens (tertiary/aromatic N) is 1. The molecule has 9 heteroatoms. The molecule has 0 aromatic heterocycles. The van der Waals surface area contributed by atoms with Gasteiger partial charge in [-0.05, 0) is 123 Å². The number of fused-ring (bicyclic) bond motifs is 4. The molecule has 2 aliphatic carbocycles. The standard InChI is InChI=1S/C41H55ClN2O5S/c1-27(2)11-15-34(45)23-41(48-5)20-7-9-28(3)29(4)50(6,47)43-39(46)31-13-18-38-37(22-31)44(24-32-12-16-36(32)41)25-40(26-49-38)19-8-10-30-21-33(42)14-17-35(30)40/h7,13-14,17-18,20-22,27-29,32,36H,6,8-12,15-16,19,23-26H2,1-5H3,(H,43,46,47)/b20-7+/t28-,29+,32-,36+,40-,41+,50?/m0/s1. The van der Waals surface area contributed by atoms with Gasteiger partial charge in [0.25, 0.3) is 5.91 Å². The van der Waals surface area contributed by atoms with Gasteiger partial charge in [0.05, 0.1) is 27.6 Å². The third-order valence-electron chi connectivity index (χ3n) is 12.2. The molecule has 2 bridgehead atoms. The van der Waals surface area contributed by atoms with Gasteiger partial charge < -0.3 is 14.4 Å². The van der Waals surface area contributed by atoms with Crippen molar-refractivity contribution in [2.75, 3.05) is 31.7 Å². The van der Waals surface area contributed by atoms with Crippen molar-refractivity contribution in [2.24, 2.45) is 23.7 Å². The molecule has 2 aromatic carbocycles. The summed E-state index contributed by atoms with van der Waals surface area (Å²) in [6, 6.07) is 11.8. The summed E-state index contributed by atoms with van der Waals surface area (Å²) in [6.45, 7) is 10.2. The number of benzene rings is 2. The van der Waals surface area contributed by atoms with E-state index in [1.54, 1.807) is 13.2 Å². The molecule has 2 heterocycles. The predicted molar refractivity (Wildman–Crippen MR) is 205 cm³/mol. The molecule has 50 heavy (non-hydrogen) atoms. The molecular formula is C41H55ClN2O5S. The van der Waals surface area contributed by atoms with Crippen molar-refractivity contribution in [3.8, 4) is 5.75 Å². The van der Waals surface area contributed by atoms with Crippen molar-refractivity contribution in [1.82, 2.24) is 4.72 Å². The molecule has 1 spiro atoms. The Morgan fingerprint density at radius 1 is 1.20 bits per heavy atom. The first-order valence-corrected chi connectivity index (χ1v) is 20.7. The average Bonchev–Trinajstić information content (AvgIpc) is 3.21. The molecule has 1 saturated carbocycles. The quantitative estimate of drug-likeness (QED) is 0.241. The van der Waals surface area contributed by atoms with E-state index >= 15 is 0 Å². The number of halogens is 1. The zero-order valence-corrected chi connectivity index (χ0v) is 32.0. The van der Waals surface area contributed by atoms with E-state index in [0.29, 0.717) is 43.9 Å². The number of aryl methyl sites for hydroxylation is 1. The van der Waals surface area contributed by atoms with Crippen molar-refractivity contribution in [1.29, 1.82) is 0 Å². The molecule has 6 rings (SSSR count). The Morgan fingerprint density at radius 2 is 2.00 bits per heavy atom. The maximum Gasteiger partial charge on any atom is 0.262 e. The number of ketones is 1. The number of anilines is 1. The highest BCUT2D eigenvalue weighted by Gasteiger charge is 2.49. The zero-order chi connectivity index (χ0) is 35.8. The first kappa shape index (κ1) is 37.0. The lowest BCUT2D eigenvalue weighted by atomic mass is 9.62. The lowest BCUT2D eigenvalue weighted by molar-refractivity contribution is -0.131. The Labute approximate surface area is 304 Å². The molecule has 1 amide bonds. The van der Waals surface area contributed by atoms with Crippen LogP contribution in [0.3, 0.4) is 0 Å². The normalized spacial score (nSPS) is 33.3. The van der Waals surface area contributed by atoms with E-state index in [-0.39, 0.29) is 34.2 Å². The zero-order valence-electron chi connectivity index (χ0n) is 30.5. The van der Waals surface area contributed by atoms with E-state index in [1.165, 1.54) is 11.1 Å². The Morgan fingerprint density at radius 3 is 2.72 bits per heavy atom. The summed E-state index contributed by atoms with van der Waals surface area (Å²) in [5, 5.41) is 0.361. The first-order valence-electron chi connectivity index (χ1n) is 18.5. The average molecular weight is 723 g/mol. The Balaban J connectivity index is 1.44. The summed E-state index contributed by atoms with van der Waals surface area (Å²) in [5.41, 5.74) is 2.83. The van der Waals surface area contributed by atoms with Gasteiger partial charge in [-0.25, -0.2) is 4.21 Å². The van der Waals surface area contributed by atoms with Crippen LogP contribution in [-0.2, 0) is 31.1 Å². The van der Waals surface area contributed by atoms with E-state index in [4.69, 9.17) is 21.1 Å². The summed E-state index contributed by atoms with van der Waals surface area (Å²) < 4.78 is 29.9. The van der Waals surface area contributed by atoms with Crippen LogP contribution in [0.5, 0.6) is 5.75 Å². The highest BCUT2D eigenvalue weighted by Crippen LogP contribution is 2.50. The van der Waals surface area contributed by atoms with Crippen LogP contribution in [0.2, 0.25) is 5.02 Å². The second kappa shape index (κ2) is 14.7. The lowest BCUT2D eigenvalue weighted by Crippen LogP contribution is -2.53. The third kappa shape index (κ3) is 7.40. The van der Waals surface area contributed by atoms with Gasteiger partial charge in [-0.15, -0.1) is 0 Å². The predicted octanol–water partition coefficient (Wildman–Crippen LogP) is 7.97. The monoisotopic (exact) mass is 722 g/mol. The maximum atomic E-state index is 13.9. The fourth-order valence-corrected chi connectivity index (χ4v) is 10.5. The fourth-order valence-electron chi connectivity index (χ4n) is 8.78. The van der Waals surface area contributed by atoms with Crippen LogP contribution in [0, 0.1) is 23.7 Å². The summed E-state index contributed by atoms with van der Waals surface area (Å²) >= 11 is 6.48. The molecule has 7 atom stereocenters. The van der Waals surface area contributed by atoms with Crippen LogP contribution in [0.25, 0.3) is 0 Å². The Bertz CT molecular complexity index is 1740. The van der Waals surface area contributed by atoms with Crippen LogP contribution < -0.4 is 14.4 Å². The molecule has 7 nitrogen and oxygen atoms in total. The molecule has 0 radical (unpaired) electrons. The largest absolute Gasteiger partial charge is 0.490 e. The number of amides is 1. The van der Waals surface area contributed by atoms with E-state index in [1.807, 2.05) is 32.0 Å². The second-order valence-corrected chi connectivity index (χ2v) is 18.9. The number of carbonyl (C=O) groups excluding carboxylic acids is 2. The maximum absolute atomic E-state index is 13.9. The van der Waals surface area contributed by atoms with Gasteiger partial charge in [-0.1, -0.05) is 50.6 Å². The van der Waals surface area contributed by atoms with E-state index in [0.717, 1.165) is 61.5 Å². The van der Waals surface area contributed by atoms with Gasteiger partial charge in [-0.3, -0.25) is 14.3 Å². The molecule has 2 aromatic rings. The van der Waals surface area contributed by atoms with Crippen molar-refractivity contribution in [2.45, 2.75) is 102 Å². The number of allylic oxidation sites excluding steroid dienone is 1. The topological polar surface area (TPSA) is 84.9 Å².